The van der Waals surface area contributed by atoms with Crippen LogP contribution in [0.15, 0.2) is 12.2 Å². The Labute approximate surface area is 539 Å². The molecule has 0 aromatic heterocycles. The summed E-state index contributed by atoms with van der Waals surface area (Å²) in [5, 5.41) is 14.2. The van der Waals surface area contributed by atoms with Gasteiger partial charge >= 0.3 is 7.82 Å². The number of hydrogen-bond donors (Lipinski definition) is 3. The van der Waals surface area contributed by atoms with E-state index in [2.05, 4.69) is 31.3 Å². The Balaban J connectivity index is 3.92. The first kappa shape index (κ1) is 85.2. The van der Waals surface area contributed by atoms with Crippen LogP contribution in [0.3, 0.4) is 0 Å². The van der Waals surface area contributed by atoms with Gasteiger partial charge in [0.15, 0.2) is 0 Å². The molecular weight excluding hydrogens is 1080 g/mol. The summed E-state index contributed by atoms with van der Waals surface area (Å²) < 4.78 is 24.0. The summed E-state index contributed by atoms with van der Waals surface area (Å²) in [5.74, 6) is -0.133. The van der Waals surface area contributed by atoms with Gasteiger partial charge in [-0.25, -0.2) is 4.57 Å². The average Bonchev–Trinajstić information content (AvgIpc) is 3.70. The second-order valence-corrected chi connectivity index (χ2v) is 29.9. The van der Waals surface area contributed by atoms with Gasteiger partial charge in [-0.15, -0.1) is 0 Å². The van der Waals surface area contributed by atoms with Crippen LogP contribution in [0, 0.1) is 0 Å². The van der Waals surface area contributed by atoms with Crippen molar-refractivity contribution >= 4 is 13.7 Å². The number of rotatable bonds is 74. The van der Waals surface area contributed by atoms with Crippen LogP contribution < -0.4 is 5.32 Å². The van der Waals surface area contributed by atoms with Gasteiger partial charge in [-0.3, -0.25) is 13.8 Å². The lowest BCUT2D eigenvalue weighted by molar-refractivity contribution is -0.870. The van der Waals surface area contributed by atoms with E-state index >= 15 is 0 Å². The van der Waals surface area contributed by atoms with E-state index in [1.807, 2.05) is 21.1 Å². The number of phosphoric ester groups is 1. The molecule has 0 aliphatic carbocycles. The molecule has 0 radical (unpaired) electrons. The van der Waals surface area contributed by atoms with Gasteiger partial charge in [-0.1, -0.05) is 392 Å². The SMILES string of the molecule is CCCCCCCCCC/C=C\CCCCCCCCCCCCCCCCCCCCCCCCCC(=O)NC(COP(=O)(O)OCC[N+](C)(C)C)C(O)CCCCCCCCCCCCCCCCCCCCCCCCCCCCCCC. The smallest absolute Gasteiger partial charge is 0.391 e. The van der Waals surface area contributed by atoms with Crippen LogP contribution in [-0.4, -0.2) is 73.4 Å². The molecule has 0 aliphatic heterocycles. The number of aliphatic hydroxyl groups excluding tert-OH is 1. The van der Waals surface area contributed by atoms with Gasteiger partial charge in [0.25, 0.3) is 0 Å². The molecule has 8 nitrogen and oxygen atoms in total. The lowest BCUT2D eigenvalue weighted by Crippen LogP contribution is -2.46. The summed E-state index contributed by atoms with van der Waals surface area (Å²) in [7, 11) is 1.64. The Kier molecular flexibility index (Phi) is 68.0. The topological polar surface area (TPSA) is 105 Å². The fraction of sp³-hybridized carbons (Fsp3) is 0.961. The minimum absolute atomic E-state index is 0.0788. The number of hydrogen-bond acceptors (Lipinski definition) is 5. The molecule has 0 spiro atoms. The fourth-order valence-electron chi connectivity index (χ4n) is 12.5. The summed E-state index contributed by atoms with van der Waals surface area (Å²) in [4.78, 5) is 23.5. The van der Waals surface area contributed by atoms with Crippen molar-refractivity contribution in [2.45, 2.75) is 437 Å². The minimum Gasteiger partial charge on any atom is -0.391 e. The Bertz CT molecular complexity index is 1410. The fourth-order valence-corrected chi connectivity index (χ4v) is 13.2. The number of carbonyl (C=O) groups is 1. The minimum atomic E-state index is -4.33. The molecule has 0 aromatic carbocycles. The van der Waals surface area contributed by atoms with Gasteiger partial charge in [0.2, 0.25) is 5.91 Å². The molecule has 0 fully saturated rings. The lowest BCUT2D eigenvalue weighted by atomic mass is 10.0. The first-order valence-corrected chi connectivity index (χ1v) is 40.5. The molecule has 3 atom stereocenters. The van der Waals surface area contributed by atoms with Crippen molar-refractivity contribution in [1.29, 1.82) is 0 Å². The highest BCUT2D eigenvalue weighted by atomic mass is 31.2. The van der Waals surface area contributed by atoms with Crippen molar-refractivity contribution in [3.8, 4) is 0 Å². The molecule has 0 saturated heterocycles. The van der Waals surface area contributed by atoms with Gasteiger partial charge < -0.3 is 19.8 Å². The Morgan fingerprint density at radius 2 is 0.628 bits per heavy atom. The van der Waals surface area contributed by atoms with Gasteiger partial charge in [0, 0.05) is 6.42 Å². The molecule has 0 bridgehead atoms. The van der Waals surface area contributed by atoms with Crippen LogP contribution in [0.1, 0.15) is 425 Å². The maximum atomic E-state index is 13.1. The number of nitrogens with zero attached hydrogens (tertiary/aromatic N) is 1. The van der Waals surface area contributed by atoms with Crippen molar-refractivity contribution in [1.82, 2.24) is 5.32 Å². The van der Waals surface area contributed by atoms with E-state index in [1.54, 1.807) is 0 Å². The van der Waals surface area contributed by atoms with Gasteiger partial charge in [0.05, 0.1) is 39.9 Å². The summed E-state index contributed by atoms with van der Waals surface area (Å²) in [6.45, 7) is 4.97. The summed E-state index contributed by atoms with van der Waals surface area (Å²) in [5.41, 5.74) is 0. The molecular formula is C77H156N2O6P+. The zero-order chi connectivity index (χ0) is 62.6. The van der Waals surface area contributed by atoms with Crippen molar-refractivity contribution in [2.75, 3.05) is 40.9 Å². The first-order chi connectivity index (χ1) is 42.0. The van der Waals surface area contributed by atoms with Crippen molar-refractivity contribution in [3.63, 3.8) is 0 Å². The van der Waals surface area contributed by atoms with Crippen LogP contribution in [0.5, 0.6) is 0 Å². The monoisotopic (exact) mass is 1240 g/mol. The number of likely N-dealkylation sites (N-methyl/N-ethyl adjacent to an activating group) is 1. The van der Waals surface area contributed by atoms with E-state index in [0.29, 0.717) is 23.9 Å². The van der Waals surface area contributed by atoms with Crippen LogP contribution in [-0.2, 0) is 18.4 Å². The Morgan fingerprint density at radius 3 is 0.895 bits per heavy atom. The van der Waals surface area contributed by atoms with Gasteiger partial charge in [-0.05, 0) is 38.5 Å². The molecule has 3 N–H and O–H groups in total. The van der Waals surface area contributed by atoms with Gasteiger partial charge in [0.1, 0.15) is 13.2 Å². The van der Waals surface area contributed by atoms with E-state index in [-0.39, 0.29) is 19.1 Å². The number of carbonyl (C=O) groups excluding carboxylic acids is 1. The summed E-state index contributed by atoms with van der Waals surface area (Å²) in [6.07, 6.45) is 89.3. The van der Waals surface area contributed by atoms with E-state index in [9.17, 15) is 19.4 Å². The predicted octanol–water partition coefficient (Wildman–Crippen LogP) is 25.2. The number of nitrogens with one attached hydrogen (secondary N) is 1. The third-order valence-electron chi connectivity index (χ3n) is 18.5. The van der Waals surface area contributed by atoms with E-state index in [4.69, 9.17) is 9.05 Å². The Hall–Kier alpha value is -0.760. The van der Waals surface area contributed by atoms with E-state index in [1.165, 1.54) is 360 Å². The normalized spacial score (nSPS) is 13.5. The maximum Gasteiger partial charge on any atom is 0.472 e. The number of unbranched alkanes of at least 4 members (excludes halogenated alkanes) is 59. The first-order valence-electron chi connectivity index (χ1n) is 39.1. The predicted molar refractivity (Wildman–Crippen MR) is 379 cm³/mol. The van der Waals surface area contributed by atoms with Crippen LogP contribution >= 0.6 is 7.82 Å². The van der Waals surface area contributed by atoms with Crippen molar-refractivity contribution < 1.29 is 32.9 Å². The molecule has 0 aromatic rings. The molecule has 1 amide bonds. The van der Waals surface area contributed by atoms with E-state index in [0.717, 1.165) is 38.5 Å². The standard InChI is InChI=1S/C77H155N2O6P/c1-6-8-10-12-14-16-18-20-22-24-26-28-30-32-34-36-37-38-39-40-41-43-45-47-49-51-53-55-57-59-61-63-65-67-69-71-77(81)78-75(74-85-86(82,83)84-73-72-79(3,4)5)76(80)70-68-66-64-62-60-58-56-54-52-50-48-46-44-42-35-33-31-29-27-25-23-21-19-17-15-13-11-9-7-2/h24,26,75-76,80H,6-23,25,27-74H2,1-5H3,(H-,78,81,82,83)/p+1/b26-24-. The molecule has 86 heavy (non-hydrogen) atoms. The molecule has 0 rings (SSSR count). The molecule has 3 unspecified atom stereocenters. The quantitative estimate of drug-likeness (QED) is 0.0243. The van der Waals surface area contributed by atoms with Crippen LogP contribution in [0.2, 0.25) is 0 Å². The van der Waals surface area contributed by atoms with Crippen LogP contribution in [0.4, 0.5) is 0 Å². The van der Waals surface area contributed by atoms with Crippen molar-refractivity contribution in [3.05, 3.63) is 12.2 Å². The molecule has 9 heteroatoms. The molecule has 514 valence electrons. The lowest BCUT2D eigenvalue weighted by Gasteiger charge is -2.26. The largest absolute Gasteiger partial charge is 0.472 e. The van der Waals surface area contributed by atoms with E-state index < -0.39 is 20.0 Å². The third kappa shape index (κ3) is 70.7. The zero-order valence-electron chi connectivity index (χ0n) is 59.1. The van der Waals surface area contributed by atoms with Crippen LogP contribution in [0.25, 0.3) is 0 Å². The highest BCUT2D eigenvalue weighted by molar-refractivity contribution is 7.47. The average molecular weight is 1240 g/mol. The number of aliphatic hydroxyl groups is 1. The maximum absolute atomic E-state index is 13.1. The van der Waals surface area contributed by atoms with Gasteiger partial charge in [-0.2, -0.15) is 0 Å². The van der Waals surface area contributed by atoms with Crippen molar-refractivity contribution in [2.24, 2.45) is 0 Å². The zero-order valence-corrected chi connectivity index (χ0v) is 60.0. The molecule has 0 heterocycles. The summed E-state index contributed by atoms with van der Waals surface area (Å²) in [6, 6.07) is -0.759. The molecule has 0 aliphatic rings. The third-order valence-corrected chi connectivity index (χ3v) is 19.5. The number of amides is 1. The number of quaternary nitrogens is 1. The number of allylic oxidation sites excluding steroid dienone is 2. The second kappa shape index (κ2) is 68.6. The number of phosphoric acid groups is 1. The molecule has 0 saturated carbocycles. The Morgan fingerprint density at radius 1 is 0.384 bits per heavy atom. The highest BCUT2D eigenvalue weighted by Crippen LogP contribution is 2.43. The summed E-state index contributed by atoms with van der Waals surface area (Å²) >= 11 is 0. The highest BCUT2D eigenvalue weighted by Gasteiger charge is 2.28. The second-order valence-electron chi connectivity index (χ2n) is 28.4.